The number of H-pyrrole nitrogens is 1. The molecule has 7 heteroatoms. The number of aromatic nitrogens is 5. The molecule has 0 bridgehead atoms. The molecule has 0 amide bonds. The maximum absolute atomic E-state index is 12.0. The Bertz CT molecular complexity index is 794. The van der Waals surface area contributed by atoms with Crippen molar-refractivity contribution in [1.29, 1.82) is 0 Å². The van der Waals surface area contributed by atoms with Crippen LogP contribution in [0.3, 0.4) is 0 Å². The first-order valence-corrected chi connectivity index (χ1v) is 6.46. The summed E-state index contributed by atoms with van der Waals surface area (Å²) in [4.78, 5) is 12.0. The molecule has 2 aromatic heterocycles. The van der Waals surface area contributed by atoms with Crippen LogP contribution in [0.2, 0.25) is 0 Å². The monoisotopic (exact) mass is 319 g/mol. The van der Waals surface area contributed by atoms with Crippen molar-refractivity contribution in [3.05, 3.63) is 50.5 Å². The molecule has 0 spiro atoms. The van der Waals surface area contributed by atoms with E-state index in [2.05, 4.69) is 36.6 Å². The van der Waals surface area contributed by atoms with Crippen LogP contribution < -0.4 is 5.43 Å². The molecular formula is C12H10BrN5O. The number of fused-ring (bicyclic) bond motifs is 1. The fraction of sp³-hybridized carbons (Fsp3) is 0.167. The van der Waals surface area contributed by atoms with Crippen molar-refractivity contribution in [2.75, 3.05) is 0 Å². The first kappa shape index (κ1) is 12.0. The first-order valence-electron chi connectivity index (χ1n) is 5.67. The fourth-order valence-electron chi connectivity index (χ4n) is 2.08. The molecule has 0 saturated heterocycles. The van der Waals surface area contributed by atoms with Gasteiger partial charge in [0.05, 0.1) is 12.1 Å². The number of rotatable bonds is 2. The summed E-state index contributed by atoms with van der Waals surface area (Å²) >= 11 is 3.38. The van der Waals surface area contributed by atoms with E-state index >= 15 is 0 Å². The second kappa shape index (κ2) is 4.58. The van der Waals surface area contributed by atoms with Crippen molar-refractivity contribution >= 4 is 26.8 Å². The molecule has 19 heavy (non-hydrogen) atoms. The number of pyridine rings is 1. The molecule has 1 aromatic carbocycles. The molecular weight excluding hydrogens is 310 g/mol. The van der Waals surface area contributed by atoms with Crippen molar-refractivity contribution in [2.45, 2.75) is 13.5 Å². The second-order valence-corrected chi connectivity index (χ2v) is 5.14. The molecule has 3 aromatic rings. The van der Waals surface area contributed by atoms with Crippen LogP contribution in [0.5, 0.6) is 0 Å². The Morgan fingerprint density at radius 1 is 1.37 bits per heavy atom. The van der Waals surface area contributed by atoms with Crippen molar-refractivity contribution in [3.63, 3.8) is 0 Å². The number of tetrazole rings is 1. The molecule has 0 aliphatic rings. The van der Waals surface area contributed by atoms with E-state index in [9.17, 15) is 4.79 Å². The minimum absolute atomic E-state index is 0.0122. The van der Waals surface area contributed by atoms with Crippen molar-refractivity contribution < 1.29 is 0 Å². The highest BCUT2D eigenvalue weighted by molar-refractivity contribution is 9.10. The van der Waals surface area contributed by atoms with Crippen LogP contribution >= 0.6 is 15.9 Å². The van der Waals surface area contributed by atoms with Gasteiger partial charge in [-0.15, -0.1) is 10.2 Å². The number of aromatic amines is 1. The van der Waals surface area contributed by atoms with Gasteiger partial charge in [-0.2, -0.15) is 5.21 Å². The minimum atomic E-state index is 0.0122. The van der Waals surface area contributed by atoms with Gasteiger partial charge in [-0.1, -0.05) is 21.1 Å². The van der Waals surface area contributed by atoms with Crippen LogP contribution in [0.4, 0.5) is 0 Å². The van der Waals surface area contributed by atoms with E-state index in [0.717, 1.165) is 15.7 Å². The lowest BCUT2D eigenvalue weighted by Crippen LogP contribution is -2.13. The molecule has 6 nitrogen and oxygen atoms in total. The van der Waals surface area contributed by atoms with Crippen LogP contribution in [0.1, 0.15) is 11.5 Å². The molecule has 1 N–H and O–H groups in total. The van der Waals surface area contributed by atoms with E-state index in [0.29, 0.717) is 17.8 Å². The van der Waals surface area contributed by atoms with Gasteiger partial charge in [0, 0.05) is 21.6 Å². The molecule has 2 heterocycles. The molecule has 0 fully saturated rings. The Morgan fingerprint density at radius 2 is 2.21 bits per heavy atom. The Labute approximate surface area is 116 Å². The van der Waals surface area contributed by atoms with E-state index in [1.54, 1.807) is 6.07 Å². The lowest BCUT2D eigenvalue weighted by atomic mass is 10.2. The first-order chi connectivity index (χ1) is 9.15. The molecule has 0 aliphatic carbocycles. The van der Waals surface area contributed by atoms with Gasteiger partial charge in [-0.3, -0.25) is 4.79 Å². The maximum Gasteiger partial charge on any atom is 0.194 e. The Kier molecular flexibility index (Phi) is 2.90. The third-order valence-electron chi connectivity index (χ3n) is 2.97. The van der Waals surface area contributed by atoms with Gasteiger partial charge in [0.2, 0.25) is 0 Å². The van der Waals surface area contributed by atoms with E-state index < -0.39 is 0 Å². The summed E-state index contributed by atoms with van der Waals surface area (Å²) < 4.78 is 2.88. The number of benzene rings is 1. The van der Waals surface area contributed by atoms with Crippen molar-refractivity contribution in [1.82, 2.24) is 25.2 Å². The van der Waals surface area contributed by atoms with Gasteiger partial charge in [-0.05, 0) is 25.1 Å². The van der Waals surface area contributed by atoms with E-state index in [-0.39, 0.29) is 5.43 Å². The van der Waals surface area contributed by atoms with Crippen molar-refractivity contribution in [3.8, 4) is 0 Å². The van der Waals surface area contributed by atoms with E-state index in [1.807, 2.05) is 29.7 Å². The van der Waals surface area contributed by atoms with Crippen LogP contribution in [0.15, 0.2) is 33.5 Å². The van der Waals surface area contributed by atoms with Crippen LogP contribution in [0.25, 0.3) is 10.9 Å². The average Bonchev–Trinajstić information content (AvgIpc) is 2.87. The summed E-state index contributed by atoms with van der Waals surface area (Å²) in [6.07, 6.45) is 0. The number of hydrogen-bond donors (Lipinski definition) is 1. The van der Waals surface area contributed by atoms with Gasteiger partial charge in [0.25, 0.3) is 0 Å². The van der Waals surface area contributed by atoms with Gasteiger partial charge in [-0.25, -0.2) is 0 Å². The minimum Gasteiger partial charge on any atom is -0.337 e. The predicted molar refractivity (Wildman–Crippen MR) is 73.9 cm³/mol. The maximum atomic E-state index is 12.0. The average molecular weight is 320 g/mol. The summed E-state index contributed by atoms with van der Waals surface area (Å²) in [5.74, 6) is 0.580. The highest BCUT2D eigenvalue weighted by Gasteiger charge is 2.09. The summed E-state index contributed by atoms with van der Waals surface area (Å²) in [5.41, 5.74) is 1.74. The summed E-state index contributed by atoms with van der Waals surface area (Å²) in [7, 11) is 0. The number of nitrogens with zero attached hydrogens (tertiary/aromatic N) is 4. The van der Waals surface area contributed by atoms with Gasteiger partial charge >= 0.3 is 0 Å². The van der Waals surface area contributed by atoms with Crippen LogP contribution in [-0.2, 0) is 6.54 Å². The Morgan fingerprint density at radius 3 is 2.95 bits per heavy atom. The molecule has 0 saturated carbocycles. The van der Waals surface area contributed by atoms with E-state index in [4.69, 9.17) is 0 Å². The molecule has 96 valence electrons. The van der Waals surface area contributed by atoms with Crippen molar-refractivity contribution in [2.24, 2.45) is 0 Å². The van der Waals surface area contributed by atoms with E-state index in [1.165, 1.54) is 0 Å². The fourth-order valence-corrected chi connectivity index (χ4v) is 2.44. The standard InChI is InChI=1S/C12H10BrN5O/c1-7-4-11(19)9-5-8(13)2-3-10(9)18(7)6-12-14-16-17-15-12/h2-5H,6H2,1H3,(H,14,15,16,17). The van der Waals surface area contributed by atoms with Gasteiger partial charge in [0.15, 0.2) is 11.3 Å². The third kappa shape index (κ3) is 2.17. The summed E-state index contributed by atoms with van der Waals surface area (Å²) in [5, 5.41) is 14.5. The molecule has 0 radical (unpaired) electrons. The quantitative estimate of drug-likeness (QED) is 0.779. The number of hydrogen-bond acceptors (Lipinski definition) is 4. The van der Waals surface area contributed by atoms with Crippen LogP contribution in [0, 0.1) is 6.92 Å². The molecule has 0 unspecified atom stereocenters. The lowest BCUT2D eigenvalue weighted by Gasteiger charge is -2.12. The molecule has 3 rings (SSSR count). The third-order valence-corrected chi connectivity index (χ3v) is 3.46. The zero-order valence-electron chi connectivity index (χ0n) is 10.1. The zero-order valence-corrected chi connectivity index (χ0v) is 11.7. The predicted octanol–water partition coefficient (Wildman–Crippen LogP) is 1.63. The second-order valence-electron chi connectivity index (χ2n) is 4.23. The number of halogens is 1. The zero-order chi connectivity index (χ0) is 13.4. The highest BCUT2D eigenvalue weighted by atomic mass is 79.9. The molecule has 0 aliphatic heterocycles. The molecule has 0 atom stereocenters. The number of aryl methyl sites for hydroxylation is 1. The number of nitrogens with one attached hydrogen (secondary N) is 1. The topological polar surface area (TPSA) is 76.5 Å². The summed E-state index contributed by atoms with van der Waals surface area (Å²) in [6, 6.07) is 7.26. The van der Waals surface area contributed by atoms with Crippen LogP contribution in [-0.4, -0.2) is 25.2 Å². The smallest absolute Gasteiger partial charge is 0.194 e. The van der Waals surface area contributed by atoms with Gasteiger partial charge < -0.3 is 4.57 Å². The normalized spacial score (nSPS) is 11.1. The largest absolute Gasteiger partial charge is 0.337 e. The lowest BCUT2D eigenvalue weighted by molar-refractivity contribution is 0.743. The summed E-state index contributed by atoms with van der Waals surface area (Å²) in [6.45, 7) is 2.36. The highest BCUT2D eigenvalue weighted by Crippen LogP contribution is 2.19. The Hall–Kier alpha value is -2.02. The Balaban J connectivity index is 2.26. The van der Waals surface area contributed by atoms with Gasteiger partial charge in [0.1, 0.15) is 0 Å². The SMILES string of the molecule is Cc1cc(=O)c2cc(Br)ccc2n1Cc1nn[nH]n1.